The molecule has 0 fully saturated rings. The van der Waals surface area contributed by atoms with E-state index in [1.54, 1.807) is 18.7 Å². The third kappa shape index (κ3) is 2.12. The first-order chi connectivity index (χ1) is 6.06. The molecule has 4 heteroatoms. The minimum absolute atomic E-state index is 0.0246. The Balaban J connectivity index is 3.21. The Kier molecular flexibility index (Phi) is 3.14. The van der Waals surface area contributed by atoms with E-state index in [1.165, 1.54) is 0 Å². The van der Waals surface area contributed by atoms with Gasteiger partial charge in [0.15, 0.2) is 0 Å². The lowest BCUT2D eigenvalue weighted by Crippen LogP contribution is -2.16. The molecule has 72 valence electrons. The zero-order valence-electron chi connectivity index (χ0n) is 8.34. The van der Waals surface area contributed by atoms with Crippen molar-refractivity contribution in [1.82, 2.24) is 9.97 Å². The fourth-order valence-electron chi connectivity index (χ4n) is 0.971. The largest absolute Gasteiger partial charge is 0.309 e. The number of hydrogen-bond donors (Lipinski definition) is 1. The van der Waals surface area contributed by atoms with Crippen molar-refractivity contribution in [2.24, 2.45) is 0 Å². The van der Waals surface area contributed by atoms with Crippen LogP contribution >= 0.6 is 11.8 Å². The molecule has 1 atom stereocenters. The predicted octanol–water partition coefficient (Wildman–Crippen LogP) is 1.81. The van der Waals surface area contributed by atoms with E-state index >= 15 is 0 Å². The Morgan fingerprint density at radius 3 is 2.54 bits per heavy atom. The van der Waals surface area contributed by atoms with Crippen LogP contribution in [-0.4, -0.2) is 16.2 Å². The second kappa shape index (κ2) is 3.96. The van der Waals surface area contributed by atoms with Gasteiger partial charge in [0.2, 0.25) is 0 Å². The molecule has 13 heavy (non-hydrogen) atoms. The third-order valence-electron chi connectivity index (χ3n) is 2.15. The summed E-state index contributed by atoms with van der Waals surface area (Å²) in [7, 11) is 0. The molecule has 1 aromatic rings. The molecule has 1 unspecified atom stereocenters. The maximum atomic E-state index is 11.4. The molecule has 0 aliphatic heterocycles. The second-order valence-corrected chi connectivity index (χ2v) is 4.22. The lowest BCUT2D eigenvalue weighted by molar-refractivity contribution is 0.870. The van der Waals surface area contributed by atoms with Gasteiger partial charge < -0.3 is 4.98 Å². The zero-order valence-corrected chi connectivity index (χ0v) is 9.16. The standard InChI is InChI=1S/C9H14N2OS/c1-5-6(2)10-8(7(3)13-4)11-9(5)12/h7H,1-4H3,(H,10,11,12). The van der Waals surface area contributed by atoms with E-state index in [2.05, 4.69) is 9.97 Å². The predicted molar refractivity (Wildman–Crippen MR) is 56.3 cm³/mol. The van der Waals surface area contributed by atoms with Crippen LogP contribution in [-0.2, 0) is 0 Å². The van der Waals surface area contributed by atoms with Gasteiger partial charge in [-0.1, -0.05) is 0 Å². The van der Waals surface area contributed by atoms with Crippen LogP contribution < -0.4 is 5.56 Å². The second-order valence-electron chi connectivity index (χ2n) is 3.04. The SMILES string of the molecule is CSC(C)c1nc(C)c(C)c(=O)[nH]1. The highest BCUT2D eigenvalue weighted by Gasteiger charge is 2.08. The summed E-state index contributed by atoms with van der Waals surface area (Å²) in [5, 5.41) is 0.243. The summed E-state index contributed by atoms with van der Waals surface area (Å²) < 4.78 is 0. The maximum Gasteiger partial charge on any atom is 0.254 e. The van der Waals surface area contributed by atoms with Crippen LogP contribution in [0.15, 0.2) is 4.79 Å². The Bertz CT molecular complexity index is 359. The molecule has 0 amide bonds. The molecule has 1 rings (SSSR count). The van der Waals surface area contributed by atoms with Crippen LogP contribution in [0.2, 0.25) is 0 Å². The fourth-order valence-corrected chi connectivity index (χ4v) is 1.31. The van der Waals surface area contributed by atoms with Gasteiger partial charge in [-0.05, 0) is 27.0 Å². The smallest absolute Gasteiger partial charge is 0.254 e. The average Bonchev–Trinajstić information content (AvgIpc) is 2.12. The highest BCUT2D eigenvalue weighted by molar-refractivity contribution is 7.98. The lowest BCUT2D eigenvalue weighted by atomic mass is 10.2. The number of aryl methyl sites for hydroxylation is 1. The van der Waals surface area contributed by atoms with Crippen molar-refractivity contribution < 1.29 is 0 Å². The number of aromatic nitrogens is 2. The molecule has 0 spiro atoms. The van der Waals surface area contributed by atoms with Crippen LogP contribution in [0.4, 0.5) is 0 Å². The summed E-state index contributed by atoms with van der Waals surface area (Å²) in [4.78, 5) is 18.5. The first kappa shape index (κ1) is 10.3. The van der Waals surface area contributed by atoms with E-state index in [4.69, 9.17) is 0 Å². The summed E-state index contributed by atoms with van der Waals surface area (Å²) in [6.07, 6.45) is 2.00. The van der Waals surface area contributed by atoms with Crippen molar-refractivity contribution in [3.8, 4) is 0 Å². The number of thioether (sulfide) groups is 1. The van der Waals surface area contributed by atoms with Crippen LogP contribution in [0.1, 0.15) is 29.3 Å². The summed E-state index contributed by atoms with van der Waals surface area (Å²) in [6.45, 7) is 5.67. The van der Waals surface area contributed by atoms with Crippen molar-refractivity contribution in [2.45, 2.75) is 26.0 Å². The van der Waals surface area contributed by atoms with E-state index in [0.717, 1.165) is 11.5 Å². The van der Waals surface area contributed by atoms with Crippen molar-refractivity contribution in [3.63, 3.8) is 0 Å². The van der Waals surface area contributed by atoms with E-state index < -0.39 is 0 Å². The quantitative estimate of drug-likeness (QED) is 0.788. The molecule has 0 saturated heterocycles. The van der Waals surface area contributed by atoms with Gasteiger partial charge in [0.1, 0.15) is 5.82 Å². The lowest BCUT2D eigenvalue weighted by Gasteiger charge is -2.08. The van der Waals surface area contributed by atoms with E-state index in [-0.39, 0.29) is 10.8 Å². The molecule has 0 aliphatic rings. The molecule has 0 aliphatic carbocycles. The Morgan fingerprint density at radius 2 is 2.08 bits per heavy atom. The van der Waals surface area contributed by atoms with Crippen LogP contribution in [0.5, 0.6) is 0 Å². The van der Waals surface area contributed by atoms with Crippen LogP contribution in [0.3, 0.4) is 0 Å². The molecule has 0 radical (unpaired) electrons. The number of H-pyrrole nitrogens is 1. The molecule has 0 aromatic carbocycles. The van der Waals surface area contributed by atoms with E-state index in [1.807, 2.05) is 20.1 Å². The number of nitrogens with one attached hydrogen (secondary N) is 1. The topological polar surface area (TPSA) is 45.8 Å². The normalized spacial score (nSPS) is 12.9. The van der Waals surface area contributed by atoms with Gasteiger partial charge in [-0.25, -0.2) is 4.98 Å². The van der Waals surface area contributed by atoms with Gasteiger partial charge in [0.25, 0.3) is 5.56 Å². The third-order valence-corrected chi connectivity index (χ3v) is 3.08. The zero-order chi connectivity index (χ0) is 10.0. The Hall–Kier alpha value is -0.770. The van der Waals surface area contributed by atoms with Gasteiger partial charge in [0.05, 0.1) is 5.25 Å². The molecule has 1 N–H and O–H groups in total. The van der Waals surface area contributed by atoms with Gasteiger partial charge in [-0.15, -0.1) is 0 Å². The summed E-state index contributed by atoms with van der Waals surface area (Å²) in [5.74, 6) is 0.764. The average molecular weight is 198 g/mol. The van der Waals surface area contributed by atoms with Gasteiger partial charge in [-0.2, -0.15) is 11.8 Å². The minimum atomic E-state index is -0.0246. The maximum absolute atomic E-state index is 11.4. The van der Waals surface area contributed by atoms with Gasteiger partial charge in [0, 0.05) is 11.3 Å². The van der Waals surface area contributed by atoms with Gasteiger partial charge >= 0.3 is 0 Å². The van der Waals surface area contributed by atoms with Crippen LogP contribution in [0, 0.1) is 13.8 Å². The summed E-state index contributed by atoms with van der Waals surface area (Å²) >= 11 is 1.67. The summed E-state index contributed by atoms with van der Waals surface area (Å²) in [5.41, 5.74) is 1.50. The Labute approximate surface area is 82.0 Å². The molecule has 0 bridgehead atoms. The molecular formula is C9H14N2OS. The number of aromatic amines is 1. The molecular weight excluding hydrogens is 184 g/mol. The number of hydrogen-bond acceptors (Lipinski definition) is 3. The van der Waals surface area contributed by atoms with Crippen molar-refractivity contribution in [3.05, 3.63) is 27.4 Å². The van der Waals surface area contributed by atoms with Crippen molar-refractivity contribution >= 4 is 11.8 Å². The summed E-state index contributed by atoms with van der Waals surface area (Å²) in [6, 6.07) is 0. The van der Waals surface area contributed by atoms with Crippen molar-refractivity contribution in [1.29, 1.82) is 0 Å². The number of nitrogens with zero attached hydrogens (tertiary/aromatic N) is 1. The highest BCUT2D eigenvalue weighted by atomic mass is 32.2. The fraction of sp³-hybridized carbons (Fsp3) is 0.556. The van der Waals surface area contributed by atoms with Crippen molar-refractivity contribution in [2.75, 3.05) is 6.26 Å². The van der Waals surface area contributed by atoms with Gasteiger partial charge in [-0.3, -0.25) is 4.79 Å². The number of rotatable bonds is 2. The molecule has 3 nitrogen and oxygen atoms in total. The highest BCUT2D eigenvalue weighted by Crippen LogP contribution is 2.21. The van der Waals surface area contributed by atoms with Crippen LogP contribution in [0.25, 0.3) is 0 Å². The molecule has 0 saturated carbocycles. The molecule has 1 aromatic heterocycles. The first-order valence-electron chi connectivity index (χ1n) is 4.16. The minimum Gasteiger partial charge on any atom is -0.309 e. The first-order valence-corrected chi connectivity index (χ1v) is 5.45. The van der Waals surface area contributed by atoms with E-state index in [0.29, 0.717) is 5.56 Å². The monoisotopic (exact) mass is 198 g/mol. The molecule has 1 heterocycles. The Morgan fingerprint density at radius 1 is 1.46 bits per heavy atom. The van der Waals surface area contributed by atoms with E-state index in [9.17, 15) is 4.79 Å².